The molecule has 2 aromatic carbocycles. The molecule has 2 aromatic rings. The highest BCUT2D eigenvalue weighted by molar-refractivity contribution is 7.92. The molecule has 0 fully saturated rings. The zero-order chi connectivity index (χ0) is 29.3. The molecule has 3 N–H and O–H groups in total. The van der Waals surface area contributed by atoms with Gasteiger partial charge in [-0.1, -0.05) is 6.92 Å². The lowest BCUT2D eigenvalue weighted by Gasteiger charge is -2.34. The summed E-state index contributed by atoms with van der Waals surface area (Å²) >= 11 is 0. The summed E-state index contributed by atoms with van der Waals surface area (Å²) in [6.45, 7) is 7.10. The number of amides is 1. The van der Waals surface area contributed by atoms with E-state index in [-0.39, 0.29) is 46.8 Å². The van der Waals surface area contributed by atoms with Crippen molar-refractivity contribution in [3.63, 3.8) is 0 Å². The Labute approximate surface area is 238 Å². The first-order chi connectivity index (χ1) is 19.1. The fourth-order valence-corrected chi connectivity index (χ4v) is 5.70. The average Bonchev–Trinajstić information content (AvgIpc) is 2.94. The number of hydrogen-bond donors (Lipinski definition) is 3. The summed E-state index contributed by atoms with van der Waals surface area (Å²) < 4.78 is 46.3. The topological polar surface area (TPSA) is 126 Å². The van der Waals surface area contributed by atoms with E-state index in [2.05, 4.69) is 10.0 Å². The number of nitrogens with one attached hydrogen (secondary N) is 2. The van der Waals surface area contributed by atoms with Gasteiger partial charge in [-0.15, -0.1) is 0 Å². The normalized spacial score (nSPS) is 22.0. The Hall–Kier alpha value is -2.86. The maximum atomic E-state index is 14.1. The third kappa shape index (κ3) is 8.33. The molecule has 3 rings (SSSR count). The number of hydrogen-bond acceptors (Lipinski definition) is 8. The van der Waals surface area contributed by atoms with Crippen LogP contribution in [-0.2, 0) is 14.8 Å². The van der Waals surface area contributed by atoms with Crippen LogP contribution in [0.15, 0.2) is 47.4 Å². The van der Waals surface area contributed by atoms with Crippen LogP contribution in [0.25, 0.3) is 0 Å². The second-order valence-corrected chi connectivity index (χ2v) is 12.0. The van der Waals surface area contributed by atoms with Crippen molar-refractivity contribution >= 4 is 21.6 Å². The summed E-state index contributed by atoms with van der Waals surface area (Å²) in [7, 11) is -0.562. The zero-order valence-electron chi connectivity index (χ0n) is 24.1. The van der Waals surface area contributed by atoms with Crippen LogP contribution >= 0.6 is 0 Å². The molecule has 0 saturated carbocycles. The maximum Gasteiger partial charge on any atom is 0.261 e. The van der Waals surface area contributed by atoms with Crippen molar-refractivity contribution < 1.29 is 32.5 Å². The van der Waals surface area contributed by atoms with Crippen LogP contribution in [0.3, 0.4) is 0 Å². The van der Waals surface area contributed by atoms with E-state index in [4.69, 9.17) is 14.2 Å². The van der Waals surface area contributed by atoms with E-state index in [1.54, 1.807) is 36.1 Å². The van der Waals surface area contributed by atoms with Gasteiger partial charge >= 0.3 is 0 Å². The lowest BCUT2D eigenvalue weighted by atomic mass is 10.0. The second-order valence-electron chi connectivity index (χ2n) is 10.3. The summed E-state index contributed by atoms with van der Waals surface area (Å²) in [6, 6.07) is 10.3. The van der Waals surface area contributed by atoms with Crippen LogP contribution in [0, 0.1) is 5.92 Å². The van der Waals surface area contributed by atoms with Gasteiger partial charge in [-0.3, -0.25) is 9.52 Å². The first-order valence-electron chi connectivity index (χ1n) is 13.7. The van der Waals surface area contributed by atoms with Crippen LogP contribution < -0.4 is 19.5 Å². The van der Waals surface area contributed by atoms with Crippen LogP contribution in [-0.4, -0.2) is 83.0 Å². The van der Waals surface area contributed by atoms with Gasteiger partial charge in [0.05, 0.1) is 42.4 Å². The third-order valence-corrected chi connectivity index (χ3v) is 8.48. The number of ether oxygens (including phenoxy) is 3. The Kier molecular flexibility index (Phi) is 11.6. The van der Waals surface area contributed by atoms with E-state index < -0.39 is 16.1 Å². The van der Waals surface area contributed by atoms with Crippen molar-refractivity contribution in [3.05, 3.63) is 48.0 Å². The Balaban J connectivity index is 2.01. The highest BCUT2D eigenvalue weighted by atomic mass is 32.2. The van der Waals surface area contributed by atoms with Gasteiger partial charge in [-0.2, -0.15) is 0 Å². The molecule has 40 heavy (non-hydrogen) atoms. The Morgan fingerprint density at radius 3 is 2.52 bits per heavy atom. The minimum atomic E-state index is -3.93. The largest absolute Gasteiger partial charge is 0.497 e. The standard InChI is InChI=1S/C29H43N3O7S/c1-20-18-32(21(2)19-33)29(34)26-16-23(31-40(35,36)25-12-10-24(37-5)11-13-25)9-14-27(26)39-22(3)8-6-7-15-38-28(20)17-30-4/h9-14,16,20-22,28,30-31,33H,6-8,15,17-19H2,1-5H3/t20-,21-,22+,28+/m0/s1. The van der Waals surface area contributed by atoms with Crippen molar-refractivity contribution in [2.24, 2.45) is 5.92 Å². The fraction of sp³-hybridized carbons (Fsp3) is 0.552. The number of aliphatic hydroxyl groups is 1. The molecule has 0 aliphatic carbocycles. The number of carbonyl (C=O) groups excluding carboxylic acids is 1. The number of anilines is 1. The zero-order valence-corrected chi connectivity index (χ0v) is 24.9. The van der Waals surface area contributed by atoms with Crippen LogP contribution in [0.1, 0.15) is 50.4 Å². The van der Waals surface area contributed by atoms with Gasteiger partial charge in [0.1, 0.15) is 11.5 Å². The molecular formula is C29H43N3O7S. The van der Waals surface area contributed by atoms with Crippen molar-refractivity contribution in [2.45, 2.75) is 63.2 Å². The number of rotatable bonds is 8. The summed E-state index contributed by atoms with van der Waals surface area (Å²) in [6.07, 6.45) is 2.26. The monoisotopic (exact) mass is 577 g/mol. The first-order valence-corrected chi connectivity index (χ1v) is 15.2. The molecule has 0 spiro atoms. The summed E-state index contributed by atoms with van der Waals surface area (Å²) in [5.41, 5.74) is 0.443. The molecule has 1 heterocycles. The number of methoxy groups -OCH3 is 1. The van der Waals surface area contributed by atoms with E-state index in [1.807, 2.05) is 20.9 Å². The number of fused-ring (bicyclic) bond motifs is 1. The lowest BCUT2D eigenvalue weighted by molar-refractivity contribution is -0.000450. The van der Waals surface area contributed by atoms with Gasteiger partial charge in [0.25, 0.3) is 15.9 Å². The molecule has 222 valence electrons. The van der Waals surface area contributed by atoms with Gasteiger partial charge in [-0.05, 0) is 82.6 Å². The number of benzene rings is 2. The maximum absolute atomic E-state index is 14.1. The SMILES string of the molecule is CNC[C@H]1OCCCC[C@@H](C)Oc2ccc(NS(=O)(=O)c3ccc(OC)cc3)cc2C(=O)N([C@@H](C)CO)C[C@@H]1C. The van der Waals surface area contributed by atoms with E-state index in [0.717, 1.165) is 19.3 Å². The van der Waals surface area contributed by atoms with Gasteiger partial charge in [0.15, 0.2) is 0 Å². The smallest absolute Gasteiger partial charge is 0.261 e. The fourth-order valence-electron chi connectivity index (χ4n) is 4.65. The van der Waals surface area contributed by atoms with E-state index in [0.29, 0.717) is 31.2 Å². The summed E-state index contributed by atoms with van der Waals surface area (Å²) in [5, 5.41) is 13.2. The molecule has 0 radical (unpaired) electrons. The van der Waals surface area contributed by atoms with Crippen LogP contribution in [0.2, 0.25) is 0 Å². The molecule has 1 aliphatic heterocycles. The Bertz CT molecular complexity index is 1210. The van der Waals surface area contributed by atoms with Crippen molar-refractivity contribution in [1.82, 2.24) is 10.2 Å². The van der Waals surface area contributed by atoms with Gasteiger partial charge in [0.2, 0.25) is 0 Å². The number of sulfonamides is 1. The molecule has 0 aromatic heterocycles. The van der Waals surface area contributed by atoms with Crippen molar-refractivity contribution in [2.75, 3.05) is 45.2 Å². The predicted molar refractivity (Wildman–Crippen MR) is 155 cm³/mol. The molecule has 10 nitrogen and oxygen atoms in total. The van der Waals surface area contributed by atoms with Crippen molar-refractivity contribution in [1.29, 1.82) is 0 Å². The van der Waals surface area contributed by atoms with E-state index >= 15 is 0 Å². The lowest BCUT2D eigenvalue weighted by Crippen LogP contribution is -2.47. The molecule has 0 bridgehead atoms. The number of nitrogens with zero attached hydrogens (tertiary/aromatic N) is 1. The van der Waals surface area contributed by atoms with Gasteiger partial charge in [0, 0.05) is 31.3 Å². The van der Waals surface area contributed by atoms with E-state index in [1.165, 1.54) is 25.3 Å². The van der Waals surface area contributed by atoms with E-state index in [9.17, 15) is 18.3 Å². The molecule has 1 aliphatic rings. The Morgan fingerprint density at radius 1 is 1.15 bits per heavy atom. The molecule has 0 unspecified atom stereocenters. The first kappa shape index (κ1) is 31.7. The Morgan fingerprint density at radius 2 is 1.88 bits per heavy atom. The predicted octanol–water partition coefficient (Wildman–Crippen LogP) is 3.51. The molecule has 11 heteroatoms. The van der Waals surface area contributed by atoms with Crippen LogP contribution in [0.5, 0.6) is 11.5 Å². The van der Waals surface area contributed by atoms with Crippen molar-refractivity contribution in [3.8, 4) is 11.5 Å². The highest BCUT2D eigenvalue weighted by Gasteiger charge is 2.30. The molecular weight excluding hydrogens is 534 g/mol. The minimum absolute atomic E-state index is 0.0339. The summed E-state index contributed by atoms with van der Waals surface area (Å²) in [5.74, 6) is 0.513. The summed E-state index contributed by atoms with van der Waals surface area (Å²) in [4.78, 5) is 15.7. The van der Waals surface area contributed by atoms with Gasteiger partial charge < -0.3 is 29.5 Å². The second kappa shape index (κ2) is 14.7. The number of aliphatic hydroxyl groups excluding tert-OH is 1. The number of likely N-dealkylation sites (N-methyl/N-ethyl adjacent to an activating group) is 1. The third-order valence-electron chi connectivity index (χ3n) is 7.08. The average molecular weight is 578 g/mol. The quantitative estimate of drug-likeness (QED) is 0.435. The highest BCUT2D eigenvalue weighted by Crippen LogP contribution is 2.29. The number of carbonyl (C=O) groups is 1. The molecule has 0 saturated heterocycles. The van der Waals surface area contributed by atoms with Gasteiger partial charge in [-0.25, -0.2) is 8.42 Å². The minimum Gasteiger partial charge on any atom is -0.497 e. The molecule has 1 amide bonds. The molecule has 4 atom stereocenters. The van der Waals surface area contributed by atoms with Crippen LogP contribution in [0.4, 0.5) is 5.69 Å².